The zero-order valence-corrected chi connectivity index (χ0v) is 19.7. The summed E-state index contributed by atoms with van der Waals surface area (Å²) in [5, 5.41) is 4.20. The maximum Gasteiger partial charge on any atom is 0.242 e. The van der Waals surface area contributed by atoms with Crippen LogP contribution in [-0.2, 0) is 21.9 Å². The minimum atomic E-state index is -0.582. The van der Waals surface area contributed by atoms with Crippen LogP contribution in [-0.4, -0.2) is 35.1 Å². The predicted molar refractivity (Wildman–Crippen MR) is 127 cm³/mol. The van der Waals surface area contributed by atoms with E-state index in [9.17, 15) is 9.59 Å². The van der Waals surface area contributed by atoms with Crippen molar-refractivity contribution in [2.45, 2.75) is 45.0 Å². The third-order valence-corrected chi connectivity index (χ3v) is 6.31. The van der Waals surface area contributed by atoms with Gasteiger partial charge in [0.15, 0.2) is 0 Å². The second-order valence-electron chi connectivity index (χ2n) is 7.05. The van der Waals surface area contributed by atoms with Gasteiger partial charge in [0.25, 0.3) is 0 Å². The number of amides is 2. The van der Waals surface area contributed by atoms with Crippen molar-refractivity contribution in [3.8, 4) is 0 Å². The zero-order valence-electron chi connectivity index (χ0n) is 17.4. The molecule has 162 valence electrons. The topological polar surface area (TPSA) is 49.4 Å². The molecule has 4 nitrogen and oxygen atoms in total. The molecule has 0 heterocycles. The van der Waals surface area contributed by atoms with Crippen LogP contribution in [0.2, 0.25) is 10.0 Å². The van der Waals surface area contributed by atoms with E-state index < -0.39 is 6.04 Å². The minimum Gasteiger partial charge on any atom is -0.354 e. The molecule has 0 aliphatic heterocycles. The van der Waals surface area contributed by atoms with Crippen molar-refractivity contribution in [2.24, 2.45) is 0 Å². The van der Waals surface area contributed by atoms with Crippen LogP contribution in [0.5, 0.6) is 0 Å². The molecule has 0 unspecified atom stereocenters. The molecule has 30 heavy (non-hydrogen) atoms. The number of hydrogen-bond acceptors (Lipinski definition) is 3. The van der Waals surface area contributed by atoms with Crippen molar-refractivity contribution in [3.63, 3.8) is 0 Å². The van der Waals surface area contributed by atoms with Crippen LogP contribution >= 0.6 is 35.0 Å². The molecule has 2 aromatic carbocycles. The average Bonchev–Trinajstić information content (AvgIpc) is 2.74. The Balaban J connectivity index is 2.04. The van der Waals surface area contributed by atoms with Gasteiger partial charge in [-0.2, -0.15) is 0 Å². The number of nitrogens with zero attached hydrogens (tertiary/aromatic N) is 1. The first-order valence-corrected chi connectivity index (χ1v) is 12.0. The molecule has 0 spiro atoms. The Morgan fingerprint density at radius 1 is 1.10 bits per heavy atom. The maximum absolute atomic E-state index is 13.0. The van der Waals surface area contributed by atoms with Crippen molar-refractivity contribution >= 4 is 46.8 Å². The van der Waals surface area contributed by atoms with Crippen molar-refractivity contribution < 1.29 is 9.59 Å². The molecule has 0 bridgehead atoms. The fourth-order valence-corrected chi connectivity index (χ4v) is 4.04. The van der Waals surface area contributed by atoms with Crippen molar-refractivity contribution in [1.82, 2.24) is 10.2 Å². The highest BCUT2D eigenvalue weighted by atomic mass is 35.5. The van der Waals surface area contributed by atoms with Crippen LogP contribution in [0, 0.1) is 0 Å². The molecular weight excluding hydrogens is 439 g/mol. The molecular formula is C23H28Cl2N2O2S. The van der Waals surface area contributed by atoms with Crippen LogP contribution in [0.25, 0.3) is 0 Å². The van der Waals surface area contributed by atoms with Crippen LogP contribution in [0.3, 0.4) is 0 Å². The summed E-state index contributed by atoms with van der Waals surface area (Å²) in [6, 6.07) is 14.4. The number of nitrogens with one attached hydrogen (secondary N) is 1. The lowest BCUT2D eigenvalue weighted by molar-refractivity contribution is -0.138. The smallest absolute Gasteiger partial charge is 0.242 e. The van der Waals surface area contributed by atoms with E-state index in [-0.39, 0.29) is 17.6 Å². The lowest BCUT2D eigenvalue weighted by Crippen LogP contribution is -2.48. The number of carbonyl (C=O) groups excluding carboxylic acids is 2. The summed E-state index contributed by atoms with van der Waals surface area (Å²) in [4.78, 5) is 27.3. The van der Waals surface area contributed by atoms with Gasteiger partial charge in [0, 0.05) is 28.9 Å². The summed E-state index contributed by atoms with van der Waals surface area (Å²) in [6.07, 6.45) is 1.91. The Kier molecular flexibility index (Phi) is 10.6. The highest BCUT2D eigenvalue weighted by Crippen LogP contribution is 2.21. The number of rotatable bonds is 11. The SMILES string of the molecule is CCCCNC(=O)[C@H](C)N(Cc1ccccc1Cl)C(=O)CSCc1ccc(Cl)cc1. The van der Waals surface area contributed by atoms with Crippen LogP contribution in [0.15, 0.2) is 48.5 Å². The van der Waals surface area contributed by atoms with Crippen molar-refractivity contribution in [1.29, 1.82) is 0 Å². The minimum absolute atomic E-state index is 0.0907. The van der Waals surface area contributed by atoms with Crippen molar-refractivity contribution in [3.05, 3.63) is 69.7 Å². The quantitative estimate of drug-likeness (QED) is 0.440. The number of hydrogen-bond donors (Lipinski definition) is 1. The van der Waals surface area contributed by atoms with Gasteiger partial charge in [0.2, 0.25) is 11.8 Å². The number of thioether (sulfide) groups is 1. The Bertz CT molecular complexity index is 830. The molecule has 0 radical (unpaired) electrons. The van der Waals surface area contributed by atoms with Gasteiger partial charge in [0.05, 0.1) is 5.75 Å². The van der Waals surface area contributed by atoms with E-state index >= 15 is 0 Å². The normalized spacial score (nSPS) is 11.7. The van der Waals surface area contributed by atoms with Crippen molar-refractivity contribution in [2.75, 3.05) is 12.3 Å². The second-order valence-corrected chi connectivity index (χ2v) is 8.88. The first-order chi connectivity index (χ1) is 14.4. The molecule has 0 aromatic heterocycles. The molecule has 0 saturated carbocycles. The Hall–Kier alpha value is -1.69. The molecule has 2 amide bonds. The number of unbranched alkanes of at least 4 members (excludes halogenated alkanes) is 1. The molecule has 1 atom stereocenters. The van der Waals surface area contributed by atoms with Crippen LogP contribution < -0.4 is 5.32 Å². The standard InChI is InChI=1S/C23H28Cl2N2O2S/c1-3-4-13-26-23(29)17(2)27(14-19-7-5-6-8-21(19)25)22(28)16-30-15-18-9-11-20(24)12-10-18/h5-12,17H,3-4,13-16H2,1-2H3,(H,26,29)/t17-/m0/s1. The summed E-state index contributed by atoms with van der Waals surface area (Å²) in [5.74, 6) is 0.734. The fraction of sp³-hybridized carbons (Fsp3) is 0.391. The fourth-order valence-electron chi connectivity index (χ4n) is 2.85. The average molecular weight is 467 g/mol. The lowest BCUT2D eigenvalue weighted by atomic mass is 10.1. The molecule has 0 saturated heterocycles. The van der Waals surface area contributed by atoms with E-state index in [1.54, 1.807) is 17.9 Å². The summed E-state index contributed by atoms with van der Waals surface area (Å²) in [5.41, 5.74) is 1.92. The van der Waals surface area contributed by atoms with E-state index in [0.29, 0.717) is 28.9 Å². The third-order valence-electron chi connectivity index (χ3n) is 4.70. The van der Waals surface area contributed by atoms with Gasteiger partial charge in [-0.25, -0.2) is 0 Å². The summed E-state index contributed by atoms with van der Waals surface area (Å²) < 4.78 is 0. The van der Waals surface area contributed by atoms with Crippen LogP contribution in [0.4, 0.5) is 0 Å². The van der Waals surface area contributed by atoms with E-state index in [0.717, 1.165) is 24.0 Å². The van der Waals surface area contributed by atoms with Gasteiger partial charge in [-0.3, -0.25) is 9.59 Å². The highest BCUT2D eigenvalue weighted by molar-refractivity contribution is 7.99. The molecule has 7 heteroatoms. The summed E-state index contributed by atoms with van der Waals surface area (Å²) >= 11 is 13.7. The lowest BCUT2D eigenvalue weighted by Gasteiger charge is -2.29. The molecule has 0 aliphatic carbocycles. The molecule has 0 aliphatic rings. The van der Waals surface area contributed by atoms with E-state index in [4.69, 9.17) is 23.2 Å². The first-order valence-electron chi connectivity index (χ1n) is 10.0. The second kappa shape index (κ2) is 12.9. The predicted octanol–water partition coefficient (Wildman–Crippen LogP) is 5.56. The van der Waals surface area contributed by atoms with E-state index in [1.165, 1.54) is 11.8 Å². The third kappa shape index (κ3) is 7.86. The maximum atomic E-state index is 13.0. The van der Waals surface area contributed by atoms with E-state index in [2.05, 4.69) is 12.2 Å². The molecule has 2 rings (SSSR count). The Morgan fingerprint density at radius 2 is 1.80 bits per heavy atom. The van der Waals surface area contributed by atoms with Gasteiger partial charge in [-0.05, 0) is 42.7 Å². The molecule has 2 aromatic rings. The number of benzene rings is 2. The van der Waals surface area contributed by atoms with E-state index in [1.807, 2.05) is 42.5 Å². The van der Waals surface area contributed by atoms with Crippen LogP contribution in [0.1, 0.15) is 37.8 Å². The zero-order chi connectivity index (χ0) is 21.9. The Labute approximate surface area is 193 Å². The number of carbonyl (C=O) groups is 2. The molecule has 1 N–H and O–H groups in total. The Morgan fingerprint density at radius 3 is 2.47 bits per heavy atom. The summed E-state index contributed by atoms with van der Waals surface area (Å²) in [6.45, 7) is 4.74. The van der Waals surface area contributed by atoms with Gasteiger partial charge in [-0.15, -0.1) is 11.8 Å². The van der Waals surface area contributed by atoms with Gasteiger partial charge in [-0.1, -0.05) is 66.9 Å². The summed E-state index contributed by atoms with van der Waals surface area (Å²) in [7, 11) is 0. The number of halogens is 2. The largest absolute Gasteiger partial charge is 0.354 e. The van der Waals surface area contributed by atoms with Gasteiger partial charge in [0.1, 0.15) is 6.04 Å². The van der Waals surface area contributed by atoms with Gasteiger partial charge >= 0.3 is 0 Å². The van der Waals surface area contributed by atoms with Gasteiger partial charge < -0.3 is 10.2 Å². The monoisotopic (exact) mass is 466 g/mol. The highest BCUT2D eigenvalue weighted by Gasteiger charge is 2.26. The first kappa shape index (κ1) is 24.6. The molecule has 0 fully saturated rings.